The lowest BCUT2D eigenvalue weighted by Crippen LogP contribution is -2.15. The first-order valence-corrected chi connectivity index (χ1v) is 10.8. The molecule has 0 aliphatic heterocycles. The van der Waals surface area contributed by atoms with Crippen molar-refractivity contribution in [1.29, 1.82) is 0 Å². The van der Waals surface area contributed by atoms with Gasteiger partial charge >= 0.3 is 0 Å². The highest BCUT2D eigenvalue weighted by Gasteiger charge is 2.15. The summed E-state index contributed by atoms with van der Waals surface area (Å²) in [6, 6.07) is 15.2. The van der Waals surface area contributed by atoms with E-state index in [-0.39, 0.29) is 11.7 Å². The third-order valence-electron chi connectivity index (χ3n) is 3.92. The van der Waals surface area contributed by atoms with Gasteiger partial charge in [-0.2, -0.15) is 0 Å². The van der Waals surface area contributed by atoms with E-state index < -0.39 is 0 Å². The number of hydrogen-bond donors (Lipinski definition) is 1. The number of rotatable bonds is 9. The number of para-hydroxylation sites is 2. The molecule has 0 radical (unpaired) electrons. The normalized spacial score (nSPS) is 10.6. The van der Waals surface area contributed by atoms with E-state index >= 15 is 0 Å². The van der Waals surface area contributed by atoms with Gasteiger partial charge in [-0.1, -0.05) is 58.0 Å². The Hall–Kier alpha value is -2.58. The van der Waals surface area contributed by atoms with Crippen LogP contribution in [0.15, 0.2) is 70.8 Å². The number of carbonyl (C=O) groups excluding carboxylic acids is 1. The Bertz CT molecular complexity index is 989. The van der Waals surface area contributed by atoms with Gasteiger partial charge in [0.15, 0.2) is 11.0 Å². The minimum absolute atomic E-state index is 0.138. The monoisotopic (exact) mass is 472 g/mol. The average molecular weight is 473 g/mol. The van der Waals surface area contributed by atoms with Crippen LogP contribution in [-0.2, 0) is 11.3 Å². The summed E-state index contributed by atoms with van der Waals surface area (Å²) in [6.45, 7) is 6.81. The van der Waals surface area contributed by atoms with Gasteiger partial charge in [0, 0.05) is 16.6 Å². The fourth-order valence-corrected chi connectivity index (χ4v) is 3.68. The number of anilines is 1. The first-order valence-electron chi connectivity index (χ1n) is 9.07. The maximum absolute atomic E-state index is 12.5. The molecular weight excluding hydrogens is 452 g/mol. The second-order valence-corrected chi connectivity index (χ2v) is 7.84. The second kappa shape index (κ2) is 10.3. The summed E-state index contributed by atoms with van der Waals surface area (Å²) in [6.07, 6.45) is 1.79. The molecule has 0 aliphatic rings. The Morgan fingerprint density at radius 1 is 1.24 bits per heavy atom. The maximum atomic E-state index is 12.5. The van der Waals surface area contributed by atoms with Crippen LogP contribution >= 0.6 is 27.7 Å². The van der Waals surface area contributed by atoms with Gasteiger partial charge in [-0.05, 0) is 31.2 Å². The SMILES string of the molecule is C=CCn1c(SCC(=O)Nc2ccccc2OCC)nnc1-c1ccc(Br)cc1. The molecule has 1 amide bonds. The molecule has 1 heterocycles. The zero-order chi connectivity index (χ0) is 20.6. The Morgan fingerprint density at radius 3 is 2.72 bits per heavy atom. The van der Waals surface area contributed by atoms with Gasteiger partial charge in [-0.15, -0.1) is 16.8 Å². The maximum Gasteiger partial charge on any atom is 0.234 e. The highest BCUT2D eigenvalue weighted by molar-refractivity contribution is 9.10. The molecule has 1 N–H and O–H groups in total. The molecule has 1 aromatic heterocycles. The third-order valence-corrected chi connectivity index (χ3v) is 5.42. The van der Waals surface area contributed by atoms with Crippen molar-refractivity contribution < 1.29 is 9.53 Å². The minimum Gasteiger partial charge on any atom is -0.492 e. The second-order valence-electron chi connectivity index (χ2n) is 5.98. The summed E-state index contributed by atoms with van der Waals surface area (Å²) in [5.74, 6) is 1.46. The lowest BCUT2D eigenvalue weighted by molar-refractivity contribution is -0.113. The molecule has 0 bridgehead atoms. The quantitative estimate of drug-likeness (QED) is 0.349. The molecule has 2 aromatic carbocycles. The molecule has 3 rings (SSSR count). The molecule has 0 spiro atoms. The van der Waals surface area contributed by atoms with E-state index in [4.69, 9.17) is 4.74 Å². The minimum atomic E-state index is -0.138. The van der Waals surface area contributed by atoms with Crippen LogP contribution in [0.2, 0.25) is 0 Å². The fraction of sp³-hybridized carbons (Fsp3) is 0.190. The summed E-state index contributed by atoms with van der Waals surface area (Å²) in [5, 5.41) is 12.1. The smallest absolute Gasteiger partial charge is 0.234 e. The van der Waals surface area contributed by atoms with Crippen LogP contribution in [-0.4, -0.2) is 33.0 Å². The van der Waals surface area contributed by atoms with E-state index in [2.05, 4.69) is 38.0 Å². The number of ether oxygens (including phenoxy) is 1. The number of thioether (sulfide) groups is 1. The standard InChI is InChI=1S/C21H21BrN4O2S/c1-3-13-26-20(15-9-11-16(22)12-10-15)24-25-21(26)29-14-19(27)23-17-7-5-6-8-18(17)28-4-2/h3,5-12H,1,4,13-14H2,2H3,(H,23,27). The third kappa shape index (κ3) is 5.48. The molecule has 0 aliphatic carbocycles. The zero-order valence-electron chi connectivity index (χ0n) is 16.0. The predicted octanol–water partition coefficient (Wildman–Crippen LogP) is 5.02. The van der Waals surface area contributed by atoms with E-state index in [0.717, 1.165) is 15.9 Å². The predicted molar refractivity (Wildman–Crippen MR) is 120 cm³/mol. The average Bonchev–Trinajstić information content (AvgIpc) is 3.12. The number of allylic oxidation sites excluding steroid dienone is 1. The topological polar surface area (TPSA) is 69.0 Å². The summed E-state index contributed by atoms with van der Waals surface area (Å²) in [5.41, 5.74) is 1.60. The lowest BCUT2D eigenvalue weighted by atomic mass is 10.2. The van der Waals surface area contributed by atoms with E-state index in [1.807, 2.05) is 60.0 Å². The Morgan fingerprint density at radius 2 is 2.00 bits per heavy atom. The van der Waals surface area contributed by atoms with Crippen molar-refractivity contribution in [1.82, 2.24) is 14.8 Å². The van der Waals surface area contributed by atoms with E-state index in [9.17, 15) is 4.79 Å². The van der Waals surface area contributed by atoms with Crippen molar-refractivity contribution in [3.8, 4) is 17.1 Å². The first kappa shape index (κ1) is 21.1. The van der Waals surface area contributed by atoms with Gasteiger partial charge in [0.2, 0.25) is 5.91 Å². The zero-order valence-corrected chi connectivity index (χ0v) is 18.4. The van der Waals surface area contributed by atoms with E-state index in [1.165, 1.54) is 11.8 Å². The van der Waals surface area contributed by atoms with Crippen molar-refractivity contribution in [2.45, 2.75) is 18.6 Å². The van der Waals surface area contributed by atoms with Crippen LogP contribution in [0.1, 0.15) is 6.92 Å². The molecule has 29 heavy (non-hydrogen) atoms. The largest absolute Gasteiger partial charge is 0.492 e. The summed E-state index contributed by atoms with van der Waals surface area (Å²) in [4.78, 5) is 12.5. The van der Waals surface area contributed by atoms with Crippen LogP contribution in [0.5, 0.6) is 5.75 Å². The highest BCUT2D eigenvalue weighted by Crippen LogP contribution is 2.27. The van der Waals surface area contributed by atoms with Crippen molar-refractivity contribution in [3.05, 3.63) is 65.7 Å². The molecule has 0 atom stereocenters. The fourth-order valence-electron chi connectivity index (χ4n) is 2.67. The molecule has 0 fully saturated rings. The van der Waals surface area contributed by atoms with Crippen molar-refractivity contribution in [2.24, 2.45) is 0 Å². The summed E-state index contributed by atoms with van der Waals surface area (Å²) in [7, 11) is 0. The number of hydrogen-bond acceptors (Lipinski definition) is 5. The lowest BCUT2D eigenvalue weighted by Gasteiger charge is -2.11. The van der Waals surface area contributed by atoms with Crippen molar-refractivity contribution in [2.75, 3.05) is 17.7 Å². The van der Waals surface area contributed by atoms with Gasteiger partial charge in [-0.25, -0.2) is 0 Å². The number of amides is 1. The number of halogens is 1. The highest BCUT2D eigenvalue weighted by atomic mass is 79.9. The Kier molecular flexibility index (Phi) is 7.48. The number of aromatic nitrogens is 3. The molecule has 0 saturated heterocycles. The molecule has 150 valence electrons. The van der Waals surface area contributed by atoms with Gasteiger partial charge < -0.3 is 10.1 Å². The van der Waals surface area contributed by atoms with Gasteiger partial charge in [-0.3, -0.25) is 9.36 Å². The van der Waals surface area contributed by atoms with Crippen LogP contribution in [0.4, 0.5) is 5.69 Å². The molecule has 0 saturated carbocycles. The molecule has 0 unspecified atom stereocenters. The van der Waals surface area contributed by atoms with Gasteiger partial charge in [0.1, 0.15) is 5.75 Å². The summed E-state index contributed by atoms with van der Waals surface area (Å²) >= 11 is 4.77. The Balaban J connectivity index is 1.71. The number of nitrogens with one attached hydrogen (secondary N) is 1. The van der Waals surface area contributed by atoms with Crippen LogP contribution < -0.4 is 10.1 Å². The van der Waals surface area contributed by atoms with Gasteiger partial charge in [0.25, 0.3) is 0 Å². The summed E-state index contributed by atoms with van der Waals surface area (Å²) < 4.78 is 8.49. The number of nitrogens with zero attached hydrogens (tertiary/aromatic N) is 3. The Labute approximate surface area is 182 Å². The van der Waals surface area contributed by atoms with Crippen molar-refractivity contribution in [3.63, 3.8) is 0 Å². The number of benzene rings is 2. The van der Waals surface area contributed by atoms with Crippen molar-refractivity contribution >= 4 is 39.3 Å². The van der Waals surface area contributed by atoms with E-state index in [0.29, 0.717) is 29.7 Å². The first-order chi connectivity index (χ1) is 14.1. The molecule has 8 heteroatoms. The van der Waals surface area contributed by atoms with Crippen LogP contribution in [0, 0.1) is 0 Å². The molecular formula is C21H21BrN4O2S. The molecule has 3 aromatic rings. The van der Waals surface area contributed by atoms with Crippen LogP contribution in [0.25, 0.3) is 11.4 Å². The van der Waals surface area contributed by atoms with Gasteiger partial charge in [0.05, 0.1) is 18.0 Å². The van der Waals surface area contributed by atoms with Crippen LogP contribution in [0.3, 0.4) is 0 Å². The molecule has 6 nitrogen and oxygen atoms in total. The number of carbonyl (C=O) groups is 1. The van der Waals surface area contributed by atoms with E-state index in [1.54, 1.807) is 6.08 Å².